The lowest BCUT2D eigenvalue weighted by molar-refractivity contribution is -0.159. The zero-order valence-electron chi connectivity index (χ0n) is 18.7. The van der Waals surface area contributed by atoms with Crippen LogP contribution in [0.4, 0.5) is 0 Å². The lowest BCUT2D eigenvalue weighted by atomic mass is 9.98. The fraction of sp³-hybridized carbons (Fsp3) is 0.409. The second kappa shape index (κ2) is 11.3. The molecule has 0 saturated heterocycles. The van der Waals surface area contributed by atoms with Crippen LogP contribution in [0, 0.1) is 5.41 Å². The lowest BCUT2D eigenvalue weighted by Crippen LogP contribution is -2.26. The normalized spacial score (nSPS) is 14.8. The molecular weight excluding hydrogens is 471 g/mol. The number of para-hydroxylation sites is 1. The van der Waals surface area contributed by atoms with Crippen molar-refractivity contribution < 1.29 is 41.2 Å². The molecule has 2 aromatic rings. The Labute approximate surface area is 194 Å². The second-order valence-electron chi connectivity index (χ2n) is 8.42. The molecule has 2 rings (SSSR count). The Bertz CT molecular complexity index is 1080. The molecule has 0 radical (unpaired) electrons. The molecule has 2 atom stereocenters. The van der Waals surface area contributed by atoms with Gasteiger partial charge in [-0.25, -0.2) is 0 Å². The van der Waals surface area contributed by atoms with Gasteiger partial charge in [-0.15, -0.1) is 0 Å². The Hall–Kier alpha value is -2.23. The van der Waals surface area contributed by atoms with E-state index in [1.54, 1.807) is 57.2 Å². The first-order chi connectivity index (χ1) is 15.3. The quantitative estimate of drug-likeness (QED) is 0.194. The van der Waals surface area contributed by atoms with Crippen molar-refractivity contribution in [2.75, 3.05) is 6.79 Å². The van der Waals surface area contributed by atoms with Gasteiger partial charge in [-0.1, -0.05) is 30.3 Å². The predicted octanol–water partition coefficient (Wildman–Crippen LogP) is 4.76. The fourth-order valence-corrected chi connectivity index (χ4v) is 5.68. The summed E-state index contributed by atoms with van der Waals surface area (Å²) in [6.07, 6.45) is 0.176. The SMILES string of the molecule is CC(C)(C)C(=O)OCOP(=O)(O)C(CCCc1cccc(Oc2ccccc2)c1)S(=O)(=O)O. The maximum absolute atomic E-state index is 12.5. The Morgan fingerprint density at radius 3 is 2.30 bits per heavy atom. The molecule has 0 aliphatic carbocycles. The molecule has 182 valence electrons. The van der Waals surface area contributed by atoms with Gasteiger partial charge in [-0.05, 0) is 69.9 Å². The highest BCUT2D eigenvalue weighted by atomic mass is 32.2. The van der Waals surface area contributed by atoms with Crippen molar-refractivity contribution in [3.05, 3.63) is 60.2 Å². The van der Waals surface area contributed by atoms with Crippen LogP contribution in [0.25, 0.3) is 0 Å². The summed E-state index contributed by atoms with van der Waals surface area (Å²) >= 11 is 0. The van der Waals surface area contributed by atoms with Crippen molar-refractivity contribution in [3.8, 4) is 11.5 Å². The second-order valence-corrected chi connectivity index (χ2v) is 12.4. The third-order valence-electron chi connectivity index (χ3n) is 4.54. The number of rotatable bonds is 11. The zero-order valence-corrected chi connectivity index (χ0v) is 20.4. The number of ether oxygens (including phenoxy) is 2. The average Bonchev–Trinajstić information content (AvgIpc) is 2.70. The van der Waals surface area contributed by atoms with Gasteiger partial charge in [0.2, 0.25) is 6.79 Å². The van der Waals surface area contributed by atoms with Gasteiger partial charge in [-0.3, -0.25) is 18.4 Å². The van der Waals surface area contributed by atoms with E-state index in [2.05, 4.69) is 4.52 Å². The first-order valence-electron chi connectivity index (χ1n) is 10.2. The fourth-order valence-electron chi connectivity index (χ4n) is 2.81. The molecule has 0 fully saturated rings. The summed E-state index contributed by atoms with van der Waals surface area (Å²) in [6, 6.07) is 16.3. The van der Waals surface area contributed by atoms with Crippen molar-refractivity contribution >= 4 is 23.7 Å². The topological polar surface area (TPSA) is 136 Å². The van der Waals surface area contributed by atoms with E-state index in [-0.39, 0.29) is 12.8 Å². The molecule has 0 saturated carbocycles. The van der Waals surface area contributed by atoms with Crippen LogP contribution in [0.2, 0.25) is 0 Å². The van der Waals surface area contributed by atoms with Crippen LogP contribution in [0.5, 0.6) is 11.5 Å². The van der Waals surface area contributed by atoms with E-state index >= 15 is 0 Å². The molecule has 0 aliphatic heterocycles. The molecule has 0 aromatic heterocycles. The molecule has 11 heteroatoms. The van der Waals surface area contributed by atoms with Gasteiger partial charge >= 0.3 is 13.6 Å². The minimum absolute atomic E-state index is 0.162. The van der Waals surface area contributed by atoms with Gasteiger partial charge in [0.15, 0.2) is 4.99 Å². The van der Waals surface area contributed by atoms with Gasteiger partial charge in [0.1, 0.15) is 11.5 Å². The summed E-state index contributed by atoms with van der Waals surface area (Å²) in [4.78, 5) is 19.8. The lowest BCUT2D eigenvalue weighted by Gasteiger charge is -2.21. The Morgan fingerprint density at radius 1 is 1.06 bits per heavy atom. The van der Waals surface area contributed by atoms with E-state index in [9.17, 15) is 27.2 Å². The molecule has 0 spiro atoms. The van der Waals surface area contributed by atoms with Crippen molar-refractivity contribution in [1.29, 1.82) is 0 Å². The molecule has 9 nitrogen and oxygen atoms in total. The van der Waals surface area contributed by atoms with Crippen molar-refractivity contribution in [2.24, 2.45) is 5.41 Å². The summed E-state index contributed by atoms with van der Waals surface area (Å²) in [5, 5.41) is 0. The number of carbonyl (C=O) groups excluding carboxylic acids is 1. The first-order valence-corrected chi connectivity index (χ1v) is 13.4. The van der Waals surface area contributed by atoms with Gasteiger partial charge in [-0.2, -0.15) is 8.42 Å². The number of benzene rings is 2. The molecule has 2 N–H and O–H groups in total. The smallest absolute Gasteiger partial charge is 0.351 e. The Kier molecular flexibility index (Phi) is 9.22. The largest absolute Gasteiger partial charge is 0.457 e. The van der Waals surface area contributed by atoms with E-state index in [0.717, 1.165) is 5.56 Å². The van der Waals surface area contributed by atoms with E-state index in [1.807, 2.05) is 18.2 Å². The summed E-state index contributed by atoms with van der Waals surface area (Å²) in [7, 11) is -9.76. The van der Waals surface area contributed by atoms with E-state index < -0.39 is 40.9 Å². The van der Waals surface area contributed by atoms with E-state index in [0.29, 0.717) is 17.9 Å². The zero-order chi connectivity index (χ0) is 24.7. The van der Waals surface area contributed by atoms with Crippen LogP contribution in [-0.2, 0) is 35.2 Å². The molecule has 2 aromatic carbocycles. The van der Waals surface area contributed by atoms with Crippen molar-refractivity contribution in [3.63, 3.8) is 0 Å². The van der Waals surface area contributed by atoms with Crippen LogP contribution >= 0.6 is 7.60 Å². The minimum atomic E-state index is -4.91. The molecule has 0 amide bonds. The third kappa shape index (κ3) is 8.91. The molecular formula is C22H29O9PS. The van der Waals surface area contributed by atoms with Crippen molar-refractivity contribution in [2.45, 2.75) is 45.0 Å². The molecule has 0 heterocycles. The Balaban J connectivity index is 1.97. The van der Waals surface area contributed by atoms with Gasteiger partial charge in [0.25, 0.3) is 10.1 Å². The van der Waals surface area contributed by atoms with Crippen LogP contribution in [0.3, 0.4) is 0 Å². The number of hydrogen-bond acceptors (Lipinski definition) is 7. The number of carbonyl (C=O) groups is 1. The standard InChI is InChI=1S/C22H29O9PS/c1-22(2,3)21(23)29-16-30-32(24,25)20(33(26,27)28)14-8-10-17-9-7-13-19(15-17)31-18-11-5-4-6-12-18/h4-7,9,11-13,15,20H,8,10,14,16H2,1-3H3,(H,24,25)(H,26,27,28). The summed E-state index contributed by atoms with van der Waals surface area (Å²) in [6.45, 7) is 3.83. The van der Waals surface area contributed by atoms with Crippen LogP contribution < -0.4 is 4.74 Å². The maximum atomic E-state index is 12.5. The minimum Gasteiger partial charge on any atom is -0.457 e. The summed E-state index contributed by atoms with van der Waals surface area (Å²) in [5.41, 5.74) is -0.0605. The van der Waals surface area contributed by atoms with Crippen LogP contribution in [0.15, 0.2) is 54.6 Å². The third-order valence-corrected chi connectivity index (χ3v) is 8.52. The average molecular weight is 501 g/mol. The van der Waals surface area contributed by atoms with Crippen LogP contribution in [0.1, 0.15) is 39.2 Å². The van der Waals surface area contributed by atoms with Gasteiger partial charge in [0.05, 0.1) is 5.41 Å². The highest BCUT2D eigenvalue weighted by Crippen LogP contribution is 2.51. The molecule has 0 aliphatic rings. The summed E-state index contributed by atoms with van der Waals surface area (Å²) < 4.78 is 60.7. The monoisotopic (exact) mass is 500 g/mol. The highest BCUT2D eigenvalue weighted by Gasteiger charge is 2.42. The first kappa shape index (κ1) is 27.0. The Morgan fingerprint density at radius 2 is 1.70 bits per heavy atom. The van der Waals surface area contributed by atoms with Crippen molar-refractivity contribution in [1.82, 2.24) is 0 Å². The number of aryl methyl sites for hydroxylation is 1. The van der Waals surface area contributed by atoms with E-state index in [4.69, 9.17) is 9.47 Å². The van der Waals surface area contributed by atoms with Crippen LogP contribution in [-0.4, -0.2) is 35.6 Å². The predicted molar refractivity (Wildman–Crippen MR) is 123 cm³/mol. The number of hydrogen-bond donors (Lipinski definition) is 2. The van der Waals surface area contributed by atoms with E-state index in [1.165, 1.54) is 0 Å². The highest BCUT2D eigenvalue weighted by molar-refractivity contribution is 7.93. The molecule has 0 bridgehead atoms. The molecule has 2 unspecified atom stereocenters. The maximum Gasteiger partial charge on any atom is 0.351 e. The van der Waals surface area contributed by atoms with Gasteiger partial charge < -0.3 is 14.4 Å². The summed E-state index contributed by atoms with van der Waals surface area (Å²) in [5.74, 6) is 0.553. The number of esters is 1. The molecule has 33 heavy (non-hydrogen) atoms. The van der Waals surface area contributed by atoms with Gasteiger partial charge in [0, 0.05) is 0 Å².